The average molecular weight is 399 g/mol. The molecule has 4 rings (SSSR count). The number of carbonyl (C=O) groups is 1. The van der Waals surface area contributed by atoms with Crippen molar-refractivity contribution >= 4 is 17.0 Å². The summed E-state index contributed by atoms with van der Waals surface area (Å²) in [5.74, 6) is 1.91. The molecule has 156 valence electrons. The zero-order valence-electron chi connectivity index (χ0n) is 16.8. The fraction of sp³-hybridized carbons (Fsp3) is 0.591. The molecular weight excluding hydrogens is 368 g/mol. The molecule has 2 N–H and O–H groups in total. The van der Waals surface area contributed by atoms with E-state index >= 15 is 0 Å². The van der Waals surface area contributed by atoms with Crippen LogP contribution in [-0.2, 0) is 0 Å². The molecule has 0 spiro atoms. The van der Waals surface area contributed by atoms with Gasteiger partial charge in [-0.05, 0) is 69.7 Å². The normalized spacial score (nSPS) is 20.7. The predicted molar refractivity (Wildman–Crippen MR) is 111 cm³/mol. The molecule has 2 aromatic rings. The van der Waals surface area contributed by atoms with Crippen molar-refractivity contribution in [1.29, 1.82) is 0 Å². The molecule has 1 amide bonds. The van der Waals surface area contributed by atoms with Crippen molar-refractivity contribution in [3.8, 4) is 5.75 Å². The van der Waals surface area contributed by atoms with E-state index in [1.807, 2.05) is 12.1 Å². The standard InChI is InChI=1S/C22H30N4O3/c27-22(28)26-10-7-17(8-11-26)21-19-6-5-18(13-20(19)24-15-25-21)29-12-2-4-16-3-1-9-23-14-16/h5-6,13,15-17,23H,1-4,7-12,14H2,(H,27,28). The number of benzene rings is 1. The van der Waals surface area contributed by atoms with Crippen molar-refractivity contribution < 1.29 is 14.6 Å². The minimum absolute atomic E-state index is 0.270. The summed E-state index contributed by atoms with van der Waals surface area (Å²) in [5, 5.41) is 13.7. The van der Waals surface area contributed by atoms with Crippen LogP contribution in [0.3, 0.4) is 0 Å². The summed E-state index contributed by atoms with van der Waals surface area (Å²) in [6, 6.07) is 6.05. The van der Waals surface area contributed by atoms with Crippen LogP contribution in [0.2, 0.25) is 0 Å². The lowest BCUT2D eigenvalue weighted by Gasteiger charge is -2.30. The van der Waals surface area contributed by atoms with Crippen LogP contribution in [-0.4, -0.2) is 58.9 Å². The number of amides is 1. The van der Waals surface area contributed by atoms with Crippen molar-refractivity contribution in [1.82, 2.24) is 20.2 Å². The van der Waals surface area contributed by atoms with Crippen LogP contribution in [0, 0.1) is 5.92 Å². The van der Waals surface area contributed by atoms with Gasteiger partial charge in [0, 0.05) is 30.5 Å². The third-order valence-electron chi connectivity index (χ3n) is 6.22. The highest BCUT2D eigenvalue weighted by Gasteiger charge is 2.25. The number of piperidine rings is 2. The van der Waals surface area contributed by atoms with Gasteiger partial charge in [0.1, 0.15) is 12.1 Å². The second-order valence-corrected chi connectivity index (χ2v) is 8.18. The first-order valence-electron chi connectivity index (χ1n) is 10.8. The van der Waals surface area contributed by atoms with E-state index in [1.165, 1.54) is 24.2 Å². The number of hydrogen-bond donors (Lipinski definition) is 2. The van der Waals surface area contributed by atoms with Gasteiger partial charge in [-0.25, -0.2) is 14.8 Å². The number of rotatable bonds is 6. The third kappa shape index (κ3) is 4.96. The fourth-order valence-electron chi connectivity index (χ4n) is 4.55. The lowest BCUT2D eigenvalue weighted by atomic mass is 9.91. The number of hydrogen-bond acceptors (Lipinski definition) is 5. The molecular formula is C22H30N4O3. The summed E-state index contributed by atoms with van der Waals surface area (Å²) < 4.78 is 5.98. The Morgan fingerprint density at radius 1 is 1.24 bits per heavy atom. The zero-order chi connectivity index (χ0) is 20.1. The highest BCUT2D eigenvalue weighted by atomic mass is 16.5. The Balaban J connectivity index is 1.35. The Labute approximate surface area is 171 Å². The molecule has 7 heteroatoms. The Morgan fingerprint density at radius 2 is 2.10 bits per heavy atom. The maximum atomic E-state index is 11.1. The van der Waals surface area contributed by atoms with Crippen molar-refractivity contribution in [2.45, 2.75) is 44.4 Å². The summed E-state index contributed by atoms with van der Waals surface area (Å²) in [7, 11) is 0. The molecule has 0 aliphatic carbocycles. The molecule has 2 aliphatic heterocycles. The second kappa shape index (κ2) is 9.39. The molecule has 0 saturated carbocycles. The van der Waals surface area contributed by atoms with E-state index in [1.54, 1.807) is 6.33 Å². The zero-order valence-corrected chi connectivity index (χ0v) is 16.8. The van der Waals surface area contributed by atoms with Gasteiger partial charge in [-0.1, -0.05) is 0 Å². The van der Waals surface area contributed by atoms with E-state index in [0.717, 1.165) is 67.2 Å². The Bertz CT molecular complexity index is 830. The largest absolute Gasteiger partial charge is 0.494 e. The van der Waals surface area contributed by atoms with Gasteiger partial charge in [0.05, 0.1) is 17.8 Å². The number of ether oxygens (including phenoxy) is 1. The number of fused-ring (bicyclic) bond motifs is 1. The van der Waals surface area contributed by atoms with E-state index < -0.39 is 6.09 Å². The van der Waals surface area contributed by atoms with Gasteiger partial charge in [0.15, 0.2) is 0 Å². The summed E-state index contributed by atoms with van der Waals surface area (Å²) in [6.45, 7) is 4.15. The van der Waals surface area contributed by atoms with Crippen molar-refractivity contribution in [2.24, 2.45) is 5.92 Å². The van der Waals surface area contributed by atoms with E-state index in [0.29, 0.717) is 13.1 Å². The molecule has 3 heterocycles. The number of aromatic nitrogens is 2. The molecule has 2 saturated heterocycles. The van der Waals surface area contributed by atoms with Crippen LogP contribution in [0.5, 0.6) is 5.75 Å². The van der Waals surface area contributed by atoms with E-state index in [4.69, 9.17) is 9.84 Å². The highest BCUT2D eigenvalue weighted by Crippen LogP contribution is 2.32. The van der Waals surface area contributed by atoms with Crippen LogP contribution >= 0.6 is 0 Å². The van der Waals surface area contributed by atoms with Crippen LogP contribution in [0.1, 0.15) is 50.1 Å². The van der Waals surface area contributed by atoms with Gasteiger partial charge in [-0.2, -0.15) is 0 Å². The molecule has 0 radical (unpaired) electrons. The fourth-order valence-corrected chi connectivity index (χ4v) is 4.55. The van der Waals surface area contributed by atoms with Crippen molar-refractivity contribution in [2.75, 3.05) is 32.8 Å². The smallest absolute Gasteiger partial charge is 0.407 e. The predicted octanol–water partition coefficient (Wildman–Crippen LogP) is 3.65. The number of nitrogens with one attached hydrogen (secondary N) is 1. The van der Waals surface area contributed by atoms with E-state index in [-0.39, 0.29) is 5.92 Å². The quantitative estimate of drug-likeness (QED) is 0.722. The van der Waals surface area contributed by atoms with Crippen LogP contribution in [0.25, 0.3) is 10.9 Å². The monoisotopic (exact) mass is 398 g/mol. The third-order valence-corrected chi connectivity index (χ3v) is 6.22. The summed E-state index contributed by atoms with van der Waals surface area (Å²) in [6.07, 6.45) is 7.27. The second-order valence-electron chi connectivity index (χ2n) is 8.18. The molecule has 29 heavy (non-hydrogen) atoms. The van der Waals surface area contributed by atoms with Crippen molar-refractivity contribution in [3.05, 3.63) is 30.2 Å². The van der Waals surface area contributed by atoms with E-state index in [2.05, 4.69) is 21.4 Å². The lowest BCUT2D eigenvalue weighted by Crippen LogP contribution is -2.37. The van der Waals surface area contributed by atoms with E-state index in [9.17, 15) is 4.79 Å². The van der Waals surface area contributed by atoms with Crippen LogP contribution in [0.15, 0.2) is 24.5 Å². The minimum Gasteiger partial charge on any atom is -0.494 e. The summed E-state index contributed by atoms with van der Waals surface area (Å²) in [4.78, 5) is 21.6. The number of nitrogens with zero attached hydrogens (tertiary/aromatic N) is 3. The van der Waals surface area contributed by atoms with Gasteiger partial charge < -0.3 is 20.1 Å². The van der Waals surface area contributed by atoms with Gasteiger partial charge in [0.25, 0.3) is 0 Å². The molecule has 1 aromatic heterocycles. The number of likely N-dealkylation sites (tertiary alicyclic amines) is 1. The Hall–Kier alpha value is -2.41. The molecule has 1 aromatic carbocycles. The summed E-state index contributed by atoms with van der Waals surface area (Å²) in [5.41, 5.74) is 1.92. The first-order valence-corrected chi connectivity index (χ1v) is 10.8. The van der Waals surface area contributed by atoms with Crippen LogP contribution in [0.4, 0.5) is 4.79 Å². The molecule has 2 aliphatic rings. The molecule has 1 atom stereocenters. The SMILES string of the molecule is O=C(O)N1CCC(c2ncnc3cc(OCCCC4CCCNC4)ccc23)CC1. The molecule has 7 nitrogen and oxygen atoms in total. The number of carboxylic acid groups (broad SMARTS) is 1. The summed E-state index contributed by atoms with van der Waals surface area (Å²) >= 11 is 0. The maximum Gasteiger partial charge on any atom is 0.407 e. The Morgan fingerprint density at radius 3 is 2.86 bits per heavy atom. The molecule has 0 bridgehead atoms. The Kier molecular flexibility index (Phi) is 6.44. The lowest BCUT2D eigenvalue weighted by molar-refractivity contribution is 0.132. The topological polar surface area (TPSA) is 87.6 Å². The molecule has 2 fully saturated rings. The van der Waals surface area contributed by atoms with Gasteiger partial charge in [0.2, 0.25) is 0 Å². The minimum atomic E-state index is -0.836. The van der Waals surface area contributed by atoms with Crippen molar-refractivity contribution in [3.63, 3.8) is 0 Å². The van der Waals surface area contributed by atoms with Crippen LogP contribution < -0.4 is 10.1 Å². The molecule has 1 unspecified atom stereocenters. The average Bonchev–Trinajstić information content (AvgIpc) is 2.77. The van der Waals surface area contributed by atoms with Gasteiger partial charge in [-0.15, -0.1) is 0 Å². The maximum absolute atomic E-state index is 11.1. The first kappa shape index (κ1) is 19.9. The van der Waals surface area contributed by atoms with Gasteiger partial charge >= 0.3 is 6.09 Å². The first-order chi connectivity index (χ1) is 14.2. The van der Waals surface area contributed by atoms with Gasteiger partial charge in [-0.3, -0.25) is 0 Å². The highest BCUT2D eigenvalue weighted by molar-refractivity contribution is 5.82.